The van der Waals surface area contributed by atoms with Crippen molar-refractivity contribution in [2.45, 2.75) is 45.7 Å². The number of benzene rings is 2. The molecule has 0 fully saturated rings. The Hall–Kier alpha value is -2.81. The monoisotopic (exact) mass is 372 g/mol. The van der Waals surface area contributed by atoms with Crippen LogP contribution in [0.25, 0.3) is 0 Å². The molecule has 0 saturated carbocycles. The van der Waals surface area contributed by atoms with Crippen LogP contribution in [0.2, 0.25) is 0 Å². The first-order chi connectivity index (χ1) is 13.3. The molecule has 0 saturated heterocycles. The van der Waals surface area contributed by atoms with Crippen molar-refractivity contribution in [2.24, 2.45) is 0 Å². The van der Waals surface area contributed by atoms with Crippen LogP contribution >= 0.6 is 0 Å². The number of carbonyl (C=O) groups excluding carboxylic acids is 1. The predicted molar refractivity (Wildman–Crippen MR) is 114 cm³/mol. The summed E-state index contributed by atoms with van der Waals surface area (Å²) in [5.74, 6) is 0.0958. The van der Waals surface area contributed by atoms with Crippen molar-refractivity contribution in [1.82, 2.24) is 9.47 Å². The zero-order valence-electron chi connectivity index (χ0n) is 17.1. The highest BCUT2D eigenvalue weighted by Crippen LogP contribution is 2.34. The van der Waals surface area contributed by atoms with E-state index >= 15 is 0 Å². The molecule has 0 radical (unpaired) electrons. The molecular weight excluding hydrogens is 344 g/mol. The molecule has 2 heterocycles. The third kappa shape index (κ3) is 3.37. The first kappa shape index (κ1) is 18.5. The van der Waals surface area contributed by atoms with Gasteiger partial charge in [-0.05, 0) is 47.7 Å². The molecule has 4 rings (SSSR count). The second-order valence-electron chi connectivity index (χ2n) is 8.77. The van der Waals surface area contributed by atoms with Crippen molar-refractivity contribution >= 4 is 5.91 Å². The molecule has 144 valence electrons. The van der Waals surface area contributed by atoms with Gasteiger partial charge in [0.2, 0.25) is 0 Å². The van der Waals surface area contributed by atoms with Crippen molar-refractivity contribution in [2.75, 3.05) is 6.54 Å². The van der Waals surface area contributed by atoms with Crippen LogP contribution in [0.4, 0.5) is 0 Å². The van der Waals surface area contributed by atoms with E-state index < -0.39 is 0 Å². The Balaban J connectivity index is 1.71. The molecule has 0 aliphatic carbocycles. The minimum atomic E-state index is -0.0563. The topological polar surface area (TPSA) is 25.2 Å². The van der Waals surface area contributed by atoms with Crippen LogP contribution < -0.4 is 0 Å². The minimum absolute atomic E-state index is 0.0563. The molecule has 0 spiro atoms. The van der Waals surface area contributed by atoms with E-state index in [1.54, 1.807) is 0 Å². The molecule has 1 aliphatic heterocycles. The number of rotatable bonds is 2. The van der Waals surface area contributed by atoms with Crippen molar-refractivity contribution in [3.05, 3.63) is 94.8 Å². The normalized spacial score (nSPS) is 16.7. The Morgan fingerprint density at radius 2 is 1.61 bits per heavy atom. The fourth-order valence-corrected chi connectivity index (χ4v) is 3.98. The van der Waals surface area contributed by atoms with Crippen LogP contribution in [0.3, 0.4) is 0 Å². The van der Waals surface area contributed by atoms with Crippen LogP contribution in [0.1, 0.15) is 59.6 Å². The number of carbonyl (C=O) groups is 1. The number of aromatic nitrogens is 1. The number of amides is 1. The lowest BCUT2D eigenvalue weighted by atomic mass is 9.86. The largest absolute Gasteiger partial charge is 0.348 e. The minimum Gasteiger partial charge on any atom is -0.348 e. The number of fused-ring (bicyclic) bond motifs is 1. The van der Waals surface area contributed by atoms with Gasteiger partial charge < -0.3 is 9.47 Å². The van der Waals surface area contributed by atoms with Crippen molar-refractivity contribution in [3.63, 3.8) is 0 Å². The van der Waals surface area contributed by atoms with Crippen LogP contribution in [0, 0.1) is 6.92 Å². The average Bonchev–Trinajstić information content (AvgIpc) is 3.16. The van der Waals surface area contributed by atoms with E-state index in [4.69, 9.17) is 0 Å². The van der Waals surface area contributed by atoms with Crippen molar-refractivity contribution in [3.8, 4) is 0 Å². The smallest absolute Gasteiger partial charge is 0.254 e. The van der Waals surface area contributed by atoms with Crippen LogP contribution in [0.5, 0.6) is 0 Å². The second kappa shape index (κ2) is 6.97. The summed E-state index contributed by atoms with van der Waals surface area (Å²) >= 11 is 0. The molecule has 3 aromatic rings. The predicted octanol–water partition coefficient (Wildman–Crippen LogP) is 5.34. The zero-order valence-corrected chi connectivity index (χ0v) is 17.1. The number of aryl methyl sites for hydroxylation is 1. The van der Waals surface area contributed by atoms with Crippen LogP contribution in [0.15, 0.2) is 66.9 Å². The van der Waals surface area contributed by atoms with Gasteiger partial charge in [-0.3, -0.25) is 4.79 Å². The first-order valence-corrected chi connectivity index (χ1v) is 9.98. The van der Waals surface area contributed by atoms with E-state index in [0.29, 0.717) is 6.54 Å². The highest BCUT2D eigenvalue weighted by atomic mass is 16.2. The molecule has 1 unspecified atom stereocenters. The van der Waals surface area contributed by atoms with Crippen LogP contribution in [-0.4, -0.2) is 21.9 Å². The summed E-state index contributed by atoms with van der Waals surface area (Å²) in [6, 6.07) is 20.8. The number of hydrogen-bond donors (Lipinski definition) is 0. The lowest BCUT2D eigenvalue weighted by Gasteiger charge is -2.37. The van der Waals surface area contributed by atoms with Gasteiger partial charge in [-0.25, -0.2) is 0 Å². The second-order valence-corrected chi connectivity index (χ2v) is 8.77. The molecular formula is C25H28N2O. The van der Waals surface area contributed by atoms with E-state index in [0.717, 1.165) is 17.7 Å². The maximum absolute atomic E-state index is 13.5. The number of hydrogen-bond acceptors (Lipinski definition) is 1. The number of nitrogens with zero attached hydrogens (tertiary/aromatic N) is 2. The Morgan fingerprint density at radius 3 is 2.25 bits per heavy atom. The Bertz CT molecular complexity index is 975. The molecule has 0 bridgehead atoms. The van der Waals surface area contributed by atoms with Gasteiger partial charge in [-0.15, -0.1) is 0 Å². The molecule has 28 heavy (non-hydrogen) atoms. The SMILES string of the molecule is Cc1ccc(C2c3cccn3CCN2C(=O)c2ccc(C(C)(C)C)cc2)cc1. The highest BCUT2D eigenvalue weighted by molar-refractivity contribution is 5.95. The van der Waals surface area contributed by atoms with Gasteiger partial charge in [-0.1, -0.05) is 62.7 Å². The van der Waals surface area contributed by atoms with Gasteiger partial charge in [-0.2, -0.15) is 0 Å². The quantitative estimate of drug-likeness (QED) is 0.596. The maximum Gasteiger partial charge on any atom is 0.254 e. The third-order valence-corrected chi connectivity index (χ3v) is 5.69. The van der Waals surface area contributed by atoms with Crippen LogP contribution in [-0.2, 0) is 12.0 Å². The Kier molecular flexibility index (Phi) is 4.62. The van der Waals surface area contributed by atoms with E-state index in [-0.39, 0.29) is 17.4 Å². The van der Waals surface area contributed by atoms with Gasteiger partial charge in [0, 0.05) is 30.5 Å². The van der Waals surface area contributed by atoms with Crippen molar-refractivity contribution in [1.29, 1.82) is 0 Å². The Morgan fingerprint density at radius 1 is 0.929 bits per heavy atom. The summed E-state index contributed by atoms with van der Waals surface area (Å²) in [7, 11) is 0. The van der Waals surface area contributed by atoms with Gasteiger partial charge in [0.1, 0.15) is 0 Å². The Labute approximate surface area is 167 Å². The van der Waals surface area contributed by atoms with E-state index in [9.17, 15) is 4.79 Å². The molecule has 3 heteroatoms. The average molecular weight is 373 g/mol. The standard InChI is InChI=1S/C25H28N2O/c1-18-7-9-19(10-8-18)23-22-6-5-15-26(22)16-17-27(23)24(28)20-11-13-21(14-12-20)25(2,3)4/h5-15,23H,16-17H2,1-4H3. The maximum atomic E-state index is 13.5. The summed E-state index contributed by atoms with van der Waals surface area (Å²) in [5, 5.41) is 0. The lowest BCUT2D eigenvalue weighted by Crippen LogP contribution is -2.42. The molecule has 1 aliphatic rings. The fourth-order valence-electron chi connectivity index (χ4n) is 3.98. The third-order valence-electron chi connectivity index (χ3n) is 5.69. The molecule has 3 nitrogen and oxygen atoms in total. The van der Waals surface area contributed by atoms with Crippen molar-refractivity contribution < 1.29 is 4.79 Å². The fraction of sp³-hybridized carbons (Fsp3) is 0.320. The van der Waals surface area contributed by atoms with Gasteiger partial charge in [0.05, 0.1) is 6.04 Å². The van der Waals surface area contributed by atoms with E-state index in [1.165, 1.54) is 16.8 Å². The summed E-state index contributed by atoms with van der Waals surface area (Å²) in [5.41, 5.74) is 5.64. The molecule has 1 aromatic heterocycles. The first-order valence-electron chi connectivity index (χ1n) is 9.98. The van der Waals surface area contributed by atoms with E-state index in [2.05, 4.69) is 87.0 Å². The molecule has 0 N–H and O–H groups in total. The molecule has 2 aromatic carbocycles. The summed E-state index contributed by atoms with van der Waals surface area (Å²) in [4.78, 5) is 15.5. The zero-order chi connectivity index (χ0) is 19.9. The van der Waals surface area contributed by atoms with Gasteiger partial charge in [0.25, 0.3) is 5.91 Å². The highest BCUT2D eigenvalue weighted by Gasteiger charge is 2.32. The van der Waals surface area contributed by atoms with Gasteiger partial charge >= 0.3 is 0 Å². The summed E-state index contributed by atoms with van der Waals surface area (Å²) in [6.07, 6.45) is 2.11. The van der Waals surface area contributed by atoms with Gasteiger partial charge in [0.15, 0.2) is 0 Å². The summed E-state index contributed by atoms with van der Waals surface area (Å²) in [6.45, 7) is 10.2. The summed E-state index contributed by atoms with van der Waals surface area (Å²) < 4.78 is 2.26. The lowest BCUT2D eigenvalue weighted by molar-refractivity contribution is 0.0664. The van der Waals surface area contributed by atoms with E-state index in [1.807, 2.05) is 17.0 Å². The molecule has 1 amide bonds. The molecule has 1 atom stereocenters.